The van der Waals surface area contributed by atoms with Crippen LogP contribution in [-0.4, -0.2) is 25.2 Å². The molecule has 0 amide bonds. The fourth-order valence-electron chi connectivity index (χ4n) is 2.67. The van der Waals surface area contributed by atoms with Crippen molar-refractivity contribution in [3.05, 3.63) is 0 Å². The Morgan fingerprint density at radius 1 is 1.31 bits per heavy atom. The summed E-state index contributed by atoms with van der Waals surface area (Å²) in [5, 5.41) is 7.28. The Hall–Kier alpha value is -0.0800. The van der Waals surface area contributed by atoms with Gasteiger partial charge in [0.05, 0.1) is 0 Å². The Morgan fingerprint density at radius 2 is 2.15 bits per heavy atom. The zero-order valence-electron chi connectivity index (χ0n) is 8.84. The molecule has 2 fully saturated rings. The van der Waals surface area contributed by atoms with Crippen molar-refractivity contribution in [2.75, 3.05) is 13.1 Å². The van der Waals surface area contributed by atoms with Gasteiger partial charge in [0.1, 0.15) is 0 Å². The average Bonchev–Trinajstić information content (AvgIpc) is 2.42. The van der Waals surface area contributed by atoms with Crippen LogP contribution in [0.4, 0.5) is 0 Å². The van der Waals surface area contributed by atoms with Crippen molar-refractivity contribution in [1.29, 1.82) is 0 Å². The number of hydrogen-bond acceptors (Lipinski definition) is 2. The van der Waals surface area contributed by atoms with E-state index in [1.54, 1.807) is 0 Å². The summed E-state index contributed by atoms with van der Waals surface area (Å²) in [6.07, 6.45) is 4.18. The van der Waals surface area contributed by atoms with E-state index in [-0.39, 0.29) is 0 Å². The van der Waals surface area contributed by atoms with Gasteiger partial charge in [0.2, 0.25) is 0 Å². The summed E-state index contributed by atoms with van der Waals surface area (Å²) in [5.41, 5.74) is 0. The number of fused-ring (bicyclic) bond motifs is 2. The van der Waals surface area contributed by atoms with E-state index >= 15 is 0 Å². The van der Waals surface area contributed by atoms with Crippen LogP contribution in [0.5, 0.6) is 0 Å². The lowest BCUT2D eigenvalue weighted by Crippen LogP contribution is -2.39. The van der Waals surface area contributed by atoms with Crippen molar-refractivity contribution in [1.82, 2.24) is 10.6 Å². The molecule has 0 radical (unpaired) electrons. The first-order chi connectivity index (χ1) is 6.24. The third-order valence-electron chi connectivity index (χ3n) is 3.31. The van der Waals surface area contributed by atoms with Gasteiger partial charge >= 0.3 is 0 Å². The van der Waals surface area contributed by atoms with Crippen molar-refractivity contribution < 1.29 is 0 Å². The van der Waals surface area contributed by atoms with Crippen LogP contribution in [0.25, 0.3) is 0 Å². The van der Waals surface area contributed by atoms with Crippen LogP contribution in [-0.2, 0) is 0 Å². The predicted molar refractivity (Wildman–Crippen MR) is 55.8 cm³/mol. The molecule has 2 bridgehead atoms. The minimum Gasteiger partial charge on any atom is -0.314 e. The molecular weight excluding hydrogens is 160 g/mol. The minimum absolute atomic E-state index is 0.785. The van der Waals surface area contributed by atoms with Gasteiger partial charge in [-0.3, -0.25) is 0 Å². The number of hydrogen-bond donors (Lipinski definition) is 2. The fourth-order valence-corrected chi connectivity index (χ4v) is 2.67. The molecule has 2 rings (SSSR count). The average molecular weight is 182 g/mol. The summed E-state index contributed by atoms with van der Waals surface area (Å²) in [4.78, 5) is 0. The third kappa shape index (κ3) is 2.44. The molecule has 3 unspecified atom stereocenters. The van der Waals surface area contributed by atoms with E-state index in [1.165, 1.54) is 32.4 Å². The second-order valence-corrected chi connectivity index (χ2v) is 5.18. The first-order valence-electron chi connectivity index (χ1n) is 5.71. The largest absolute Gasteiger partial charge is 0.314 e. The number of nitrogens with one attached hydrogen (secondary N) is 2. The predicted octanol–water partition coefficient (Wildman–Crippen LogP) is 1.37. The van der Waals surface area contributed by atoms with E-state index in [0.717, 1.165) is 23.9 Å². The van der Waals surface area contributed by atoms with Crippen molar-refractivity contribution in [2.24, 2.45) is 11.8 Å². The summed E-state index contributed by atoms with van der Waals surface area (Å²) in [7, 11) is 0. The van der Waals surface area contributed by atoms with Gasteiger partial charge in [-0.1, -0.05) is 13.8 Å². The van der Waals surface area contributed by atoms with Gasteiger partial charge in [-0.2, -0.15) is 0 Å². The molecule has 3 atom stereocenters. The van der Waals surface area contributed by atoms with Gasteiger partial charge in [-0.05, 0) is 44.2 Å². The molecule has 1 saturated heterocycles. The molecular formula is C11H22N2. The maximum absolute atomic E-state index is 3.68. The summed E-state index contributed by atoms with van der Waals surface area (Å²) in [6, 6.07) is 1.62. The highest BCUT2D eigenvalue weighted by molar-refractivity contribution is 4.92. The first kappa shape index (κ1) is 9.47. The summed E-state index contributed by atoms with van der Waals surface area (Å²) >= 11 is 0. The molecule has 1 heterocycles. The van der Waals surface area contributed by atoms with Crippen LogP contribution in [0.3, 0.4) is 0 Å². The van der Waals surface area contributed by atoms with Crippen molar-refractivity contribution in [3.63, 3.8) is 0 Å². The molecule has 0 aromatic heterocycles. The highest BCUT2D eigenvalue weighted by Gasteiger charge is 2.33. The first-order valence-corrected chi connectivity index (χ1v) is 5.71. The third-order valence-corrected chi connectivity index (χ3v) is 3.31. The Kier molecular flexibility index (Phi) is 2.89. The van der Waals surface area contributed by atoms with E-state index in [2.05, 4.69) is 24.5 Å². The SMILES string of the molecule is CC(C)CNC1CC2CNC(C2)C1. The van der Waals surface area contributed by atoms with E-state index in [9.17, 15) is 0 Å². The molecule has 2 nitrogen and oxygen atoms in total. The Bertz CT molecular complexity index is 155. The summed E-state index contributed by atoms with van der Waals surface area (Å²) in [6.45, 7) is 7.01. The van der Waals surface area contributed by atoms with Crippen LogP contribution in [0.1, 0.15) is 33.1 Å². The normalized spacial score (nSPS) is 38.5. The van der Waals surface area contributed by atoms with Crippen LogP contribution in [0, 0.1) is 11.8 Å². The van der Waals surface area contributed by atoms with Crippen LogP contribution in [0.15, 0.2) is 0 Å². The summed E-state index contributed by atoms with van der Waals surface area (Å²) in [5.74, 6) is 1.75. The quantitative estimate of drug-likeness (QED) is 0.689. The molecule has 2 N–H and O–H groups in total. The van der Waals surface area contributed by atoms with E-state index in [4.69, 9.17) is 0 Å². The van der Waals surface area contributed by atoms with Crippen LogP contribution >= 0.6 is 0 Å². The van der Waals surface area contributed by atoms with Gasteiger partial charge in [0.15, 0.2) is 0 Å². The summed E-state index contributed by atoms with van der Waals surface area (Å²) < 4.78 is 0. The fraction of sp³-hybridized carbons (Fsp3) is 1.00. The molecule has 2 aliphatic rings. The van der Waals surface area contributed by atoms with Gasteiger partial charge in [0, 0.05) is 12.1 Å². The molecule has 13 heavy (non-hydrogen) atoms. The minimum atomic E-state index is 0.785. The zero-order valence-corrected chi connectivity index (χ0v) is 8.84. The van der Waals surface area contributed by atoms with Crippen molar-refractivity contribution >= 4 is 0 Å². The van der Waals surface area contributed by atoms with E-state index in [0.29, 0.717) is 0 Å². The molecule has 1 aliphatic carbocycles. The molecule has 0 aromatic carbocycles. The van der Waals surface area contributed by atoms with Gasteiger partial charge < -0.3 is 10.6 Å². The maximum Gasteiger partial charge on any atom is 0.00851 e. The highest BCUT2D eigenvalue weighted by atomic mass is 15.0. The number of rotatable bonds is 3. The molecule has 0 aromatic rings. The smallest absolute Gasteiger partial charge is 0.00851 e. The highest BCUT2D eigenvalue weighted by Crippen LogP contribution is 2.29. The maximum atomic E-state index is 3.68. The Labute approximate surface area is 81.5 Å². The molecule has 2 heteroatoms. The molecule has 1 saturated carbocycles. The lowest BCUT2D eigenvalue weighted by molar-refractivity contribution is 0.308. The lowest BCUT2D eigenvalue weighted by Gasteiger charge is -2.28. The van der Waals surface area contributed by atoms with Crippen LogP contribution in [0.2, 0.25) is 0 Å². The van der Waals surface area contributed by atoms with E-state index < -0.39 is 0 Å². The standard InChI is InChI=1S/C11H22N2/c1-8(2)6-12-10-3-9-4-11(5-10)13-7-9/h8-13H,3-7H2,1-2H3. The lowest BCUT2D eigenvalue weighted by atomic mass is 9.86. The van der Waals surface area contributed by atoms with Gasteiger partial charge in [-0.15, -0.1) is 0 Å². The monoisotopic (exact) mass is 182 g/mol. The van der Waals surface area contributed by atoms with Crippen molar-refractivity contribution in [2.45, 2.75) is 45.2 Å². The van der Waals surface area contributed by atoms with Gasteiger partial charge in [-0.25, -0.2) is 0 Å². The van der Waals surface area contributed by atoms with Crippen LogP contribution < -0.4 is 10.6 Å². The zero-order chi connectivity index (χ0) is 9.26. The van der Waals surface area contributed by atoms with E-state index in [1.807, 2.05) is 0 Å². The molecule has 0 spiro atoms. The Morgan fingerprint density at radius 3 is 2.85 bits per heavy atom. The topological polar surface area (TPSA) is 24.1 Å². The second kappa shape index (κ2) is 3.97. The van der Waals surface area contributed by atoms with Crippen molar-refractivity contribution in [3.8, 4) is 0 Å². The molecule has 76 valence electrons. The Balaban J connectivity index is 1.75. The van der Waals surface area contributed by atoms with Gasteiger partial charge in [0.25, 0.3) is 0 Å². The second-order valence-electron chi connectivity index (χ2n) is 5.18. The molecule has 1 aliphatic heterocycles.